The number of rotatable bonds is 1. The molecule has 1 N–H and O–H groups in total. The van der Waals surface area contributed by atoms with Crippen LogP contribution in [0.4, 0.5) is 4.79 Å². The Morgan fingerprint density at radius 2 is 1.93 bits per heavy atom. The maximum absolute atomic E-state index is 12.8. The average Bonchev–Trinajstić information content (AvgIpc) is 2.73. The predicted molar refractivity (Wildman–Crippen MR) is 103 cm³/mol. The van der Waals surface area contributed by atoms with E-state index < -0.39 is 6.09 Å². The SMILES string of the molecule is N#CC1CCc2nc3cc(C(=O)N4CCN(C(=O)O)CC4)ccc3c(Cl)c2C1. The average molecular weight is 399 g/mol. The molecule has 144 valence electrons. The van der Waals surface area contributed by atoms with Crippen LogP contribution in [0.25, 0.3) is 10.9 Å². The quantitative estimate of drug-likeness (QED) is 0.796. The molecule has 8 heteroatoms. The van der Waals surface area contributed by atoms with Gasteiger partial charge in [-0.25, -0.2) is 4.79 Å². The van der Waals surface area contributed by atoms with Crippen LogP contribution in [0.3, 0.4) is 0 Å². The molecule has 1 aromatic carbocycles. The van der Waals surface area contributed by atoms with E-state index in [0.29, 0.717) is 55.1 Å². The summed E-state index contributed by atoms with van der Waals surface area (Å²) >= 11 is 6.60. The topological polar surface area (TPSA) is 97.5 Å². The molecule has 1 atom stereocenters. The van der Waals surface area contributed by atoms with Gasteiger partial charge in [0.25, 0.3) is 5.91 Å². The van der Waals surface area contributed by atoms with E-state index in [0.717, 1.165) is 23.1 Å². The summed E-state index contributed by atoms with van der Waals surface area (Å²) in [5.41, 5.74) is 3.04. The normalized spacial score (nSPS) is 19.2. The molecule has 28 heavy (non-hydrogen) atoms. The Hall–Kier alpha value is -2.85. The molecule has 2 aliphatic rings. The zero-order valence-corrected chi connectivity index (χ0v) is 15.9. The molecule has 0 bridgehead atoms. The molecule has 2 aromatic rings. The van der Waals surface area contributed by atoms with Crippen LogP contribution < -0.4 is 0 Å². The Labute approximate surface area is 167 Å². The molecule has 1 aliphatic carbocycles. The fourth-order valence-electron chi connectivity index (χ4n) is 3.91. The van der Waals surface area contributed by atoms with Crippen molar-refractivity contribution in [2.75, 3.05) is 26.2 Å². The van der Waals surface area contributed by atoms with E-state index in [4.69, 9.17) is 21.7 Å². The van der Waals surface area contributed by atoms with Crippen LogP contribution in [-0.4, -0.2) is 58.1 Å². The smallest absolute Gasteiger partial charge is 0.407 e. The first kappa shape index (κ1) is 18.5. The minimum absolute atomic E-state index is 0.0328. The summed E-state index contributed by atoms with van der Waals surface area (Å²) in [5, 5.41) is 19.6. The molecule has 4 rings (SSSR count). The number of piperazine rings is 1. The molecule has 0 radical (unpaired) electrons. The number of hydrogen-bond acceptors (Lipinski definition) is 4. The number of benzene rings is 1. The third-order valence-electron chi connectivity index (χ3n) is 5.55. The van der Waals surface area contributed by atoms with Gasteiger partial charge >= 0.3 is 6.09 Å². The number of amides is 2. The van der Waals surface area contributed by atoms with Gasteiger partial charge in [0.15, 0.2) is 0 Å². The van der Waals surface area contributed by atoms with E-state index >= 15 is 0 Å². The highest BCUT2D eigenvalue weighted by atomic mass is 35.5. The lowest BCUT2D eigenvalue weighted by Crippen LogP contribution is -2.50. The molecule has 1 unspecified atom stereocenters. The summed E-state index contributed by atoms with van der Waals surface area (Å²) in [6.45, 7) is 1.37. The molecule has 1 aliphatic heterocycles. The van der Waals surface area contributed by atoms with Crippen LogP contribution in [0.1, 0.15) is 28.0 Å². The second-order valence-electron chi connectivity index (χ2n) is 7.21. The van der Waals surface area contributed by atoms with Crippen molar-refractivity contribution in [3.63, 3.8) is 0 Å². The summed E-state index contributed by atoms with van der Waals surface area (Å²) in [6.07, 6.45) is 1.13. The van der Waals surface area contributed by atoms with Crippen molar-refractivity contribution in [1.82, 2.24) is 14.8 Å². The highest BCUT2D eigenvalue weighted by Gasteiger charge is 2.26. The zero-order valence-electron chi connectivity index (χ0n) is 15.2. The number of pyridine rings is 1. The number of nitrogens with zero attached hydrogens (tertiary/aromatic N) is 4. The number of carbonyl (C=O) groups is 2. The van der Waals surface area contributed by atoms with Gasteiger partial charge in [-0.1, -0.05) is 17.7 Å². The molecule has 1 fully saturated rings. The standard InChI is InChI=1S/C20H19ClN4O3/c21-18-14-3-2-13(19(26)24-5-7-25(8-6-24)20(27)28)10-17(14)23-16-4-1-12(11-22)9-15(16)18/h2-3,10,12H,1,4-9H2,(H,27,28). The monoisotopic (exact) mass is 398 g/mol. The lowest BCUT2D eigenvalue weighted by molar-refractivity contribution is 0.0625. The van der Waals surface area contributed by atoms with Crippen molar-refractivity contribution in [3.8, 4) is 6.07 Å². The maximum Gasteiger partial charge on any atom is 0.407 e. The molecule has 0 saturated carbocycles. The lowest BCUT2D eigenvalue weighted by Gasteiger charge is -2.33. The minimum Gasteiger partial charge on any atom is -0.465 e. The number of fused-ring (bicyclic) bond motifs is 2. The summed E-state index contributed by atoms with van der Waals surface area (Å²) in [5.74, 6) is -0.165. The molecule has 2 amide bonds. The molecular weight excluding hydrogens is 380 g/mol. The third kappa shape index (κ3) is 3.25. The predicted octanol–water partition coefficient (Wildman–Crippen LogP) is 2.95. The van der Waals surface area contributed by atoms with Crippen LogP contribution in [0.2, 0.25) is 5.02 Å². The summed E-state index contributed by atoms with van der Waals surface area (Å²) in [4.78, 5) is 31.6. The Morgan fingerprint density at radius 1 is 1.21 bits per heavy atom. The van der Waals surface area contributed by atoms with Gasteiger partial charge in [0.05, 0.1) is 22.5 Å². The van der Waals surface area contributed by atoms with Crippen molar-refractivity contribution in [2.45, 2.75) is 19.3 Å². The van der Waals surface area contributed by atoms with Crippen molar-refractivity contribution in [3.05, 3.63) is 40.0 Å². The van der Waals surface area contributed by atoms with Gasteiger partial charge in [-0.15, -0.1) is 0 Å². The van der Waals surface area contributed by atoms with E-state index in [1.54, 1.807) is 17.0 Å². The summed E-state index contributed by atoms with van der Waals surface area (Å²) in [7, 11) is 0. The molecule has 7 nitrogen and oxygen atoms in total. The highest BCUT2D eigenvalue weighted by molar-refractivity contribution is 6.36. The van der Waals surface area contributed by atoms with Gasteiger partial charge < -0.3 is 14.9 Å². The highest BCUT2D eigenvalue weighted by Crippen LogP contribution is 2.35. The van der Waals surface area contributed by atoms with Gasteiger partial charge in [-0.05, 0) is 37.0 Å². The first-order chi connectivity index (χ1) is 13.5. The van der Waals surface area contributed by atoms with Gasteiger partial charge in [-0.3, -0.25) is 9.78 Å². The largest absolute Gasteiger partial charge is 0.465 e. The van der Waals surface area contributed by atoms with Crippen molar-refractivity contribution < 1.29 is 14.7 Å². The van der Waals surface area contributed by atoms with Gasteiger partial charge in [0.1, 0.15) is 0 Å². The Morgan fingerprint density at radius 3 is 2.61 bits per heavy atom. The van der Waals surface area contributed by atoms with Gasteiger partial charge in [-0.2, -0.15) is 5.26 Å². The number of nitriles is 1. The fraction of sp³-hybridized carbons (Fsp3) is 0.400. The van der Waals surface area contributed by atoms with Crippen LogP contribution in [0.15, 0.2) is 18.2 Å². The summed E-state index contributed by atoms with van der Waals surface area (Å²) in [6, 6.07) is 7.61. The van der Waals surface area contributed by atoms with Crippen molar-refractivity contribution in [2.24, 2.45) is 5.92 Å². The van der Waals surface area contributed by atoms with E-state index in [1.807, 2.05) is 6.07 Å². The second kappa shape index (κ2) is 7.28. The first-order valence-electron chi connectivity index (χ1n) is 9.25. The molecule has 2 heterocycles. The Bertz CT molecular complexity index is 1010. The Kier molecular flexibility index (Phi) is 4.82. The fourth-order valence-corrected chi connectivity index (χ4v) is 4.26. The van der Waals surface area contributed by atoms with E-state index in [-0.39, 0.29) is 11.8 Å². The number of aryl methyl sites for hydroxylation is 1. The number of carboxylic acid groups (broad SMARTS) is 1. The molecule has 0 spiro atoms. The van der Waals surface area contributed by atoms with Crippen LogP contribution >= 0.6 is 11.6 Å². The van der Waals surface area contributed by atoms with Crippen molar-refractivity contribution in [1.29, 1.82) is 5.26 Å². The zero-order chi connectivity index (χ0) is 19.8. The lowest BCUT2D eigenvalue weighted by atomic mass is 9.86. The van der Waals surface area contributed by atoms with E-state index in [2.05, 4.69) is 6.07 Å². The summed E-state index contributed by atoms with van der Waals surface area (Å²) < 4.78 is 0. The third-order valence-corrected chi connectivity index (χ3v) is 5.98. The maximum atomic E-state index is 12.8. The Balaban J connectivity index is 1.61. The van der Waals surface area contributed by atoms with Crippen LogP contribution in [0.5, 0.6) is 0 Å². The molecular formula is C20H19ClN4O3. The van der Waals surface area contributed by atoms with Crippen LogP contribution in [-0.2, 0) is 12.8 Å². The number of halogens is 1. The van der Waals surface area contributed by atoms with Gasteiger partial charge in [0.2, 0.25) is 0 Å². The minimum atomic E-state index is -0.958. The van der Waals surface area contributed by atoms with E-state index in [1.165, 1.54) is 4.90 Å². The second-order valence-corrected chi connectivity index (χ2v) is 7.59. The number of hydrogen-bond donors (Lipinski definition) is 1. The van der Waals surface area contributed by atoms with Gasteiger partial charge in [0, 0.05) is 42.8 Å². The molecule has 1 aromatic heterocycles. The van der Waals surface area contributed by atoms with E-state index in [9.17, 15) is 14.9 Å². The number of carbonyl (C=O) groups excluding carboxylic acids is 1. The van der Waals surface area contributed by atoms with Crippen LogP contribution in [0, 0.1) is 17.2 Å². The first-order valence-corrected chi connectivity index (χ1v) is 9.63. The molecule has 1 saturated heterocycles. The van der Waals surface area contributed by atoms with Crippen molar-refractivity contribution >= 4 is 34.5 Å². The number of aromatic nitrogens is 1.